The molecule has 3 rings (SSSR count). The maximum absolute atomic E-state index is 12.9. The third-order valence-corrected chi connectivity index (χ3v) is 4.51. The minimum absolute atomic E-state index is 0.326. The molecule has 6 heteroatoms. The van der Waals surface area contributed by atoms with Gasteiger partial charge in [0.15, 0.2) is 0 Å². The van der Waals surface area contributed by atoms with E-state index >= 15 is 0 Å². The Morgan fingerprint density at radius 1 is 0.800 bits per heavy atom. The summed E-state index contributed by atoms with van der Waals surface area (Å²) in [5.41, 5.74) is 2.30. The zero-order valence-electron chi connectivity index (χ0n) is 16.5. The molecule has 0 fully saturated rings. The predicted octanol–water partition coefficient (Wildman–Crippen LogP) is 3.45. The van der Waals surface area contributed by atoms with Crippen LogP contribution < -0.4 is 10.6 Å². The molecular formula is C24H22N2O4. The lowest BCUT2D eigenvalue weighted by molar-refractivity contribution is -0.118. The van der Waals surface area contributed by atoms with Gasteiger partial charge in [0.1, 0.15) is 6.04 Å². The second-order valence-electron chi connectivity index (χ2n) is 6.64. The molecule has 1 atom stereocenters. The Bertz CT molecular complexity index is 1000. The zero-order valence-corrected chi connectivity index (χ0v) is 16.5. The van der Waals surface area contributed by atoms with Crippen molar-refractivity contribution in [2.24, 2.45) is 0 Å². The summed E-state index contributed by atoms with van der Waals surface area (Å²) in [6.07, 6.45) is 0.339. The molecule has 30 heavy (non-hydrogen) atoms. The molecule has 0 unspecified atom stereocenters. The van der Waals surface area contributed by atoms with Crippen molar-refractivity contribution in [1.82, 2.24) is 5.32 Å². The fourth-order valence-corrected chi connectivity index (χ4v) is 2.93. The molecule has 0 saturated carbocycles. The lowest BCUT2D eigenvalue weighted by Crippen LogP contribution is -2.45. The molecule has 152 valence electrons. The lowest BCUT2D eigenvalue weighted by atomic mass is 10.0. The van der Waals surface area contributed by atoms with Gasteiger partial charge in [-0.2, -0.15) is 0 Å². The number of hydrogen-bond acceptors (Lipinski definition) is 4. The van der Waals surface area contributed by atoms with E-state index in [1.807, 2.05) is 36.4 Å². The van der Waals surface area contributed by atoms with Gasteiger partial charge in [-0.3, -0.25) is 9.59 Å². The molecule has 0 radical (unpaired) electrons. The summed E-state index contributed by atoms with van der Waals surface area (Å²) in [5.74, 6) is -1.13. The molecule has 2 N–H and O–H groups in total. The summed E-state index contributed by atoms with van der Waals surface area (Å²) in [7, 11) is 1.31. The molecule has 0 aliphatic heterocycles. The quantitative estimate of drug-likeness (QED) is 0.593. The highest BCUT2D eigenvalue weighted by Crippen LogP contribution is 2.13. The Hall–Kier alpha value is -3.93. The molecule has 3 aromatic carbocycles. The Kier molecular flexibility index (Phi) is 6.95. The van der Waals surface area contributed by atoms with Crippen molar-refractivity contribution in [2.45, 2.75) is 12.5 Å². The summed E-state index contributed by atoms with van der Waals surface area (Å²) < 4.78 is 4.67. The Balaban J connectivity index is 1.75. The zero-order chi connectivity index (χ0) is 21.3. The third-order valence-electron chi connectivity index (χ3n) is 4.51. The fourth-order valence-electron chi connectivity index (χ4n) is 2.93. The average Bonchev–Trinajstić information content (AvgIpc) is 2.79. The van der Waals surface area contributed by atoms with E-state index in [1.165, 1.54) is 7.11 Å². The molecule has 0 aliphatic carbocycles. The van der Waals surface area contributed by atoms with Gasteiger partial charge in [-0.15, -0.1) is 0 Å². The molecular weight excluding hydrogens is 380 g/mol. The first-order valence-corrected chi connectivity index (χ1v) is 9.46. The first-order valence-electron chi connectivity index (χ1n) is 9.46. The number of hydrogen-bond donors (Lipinski definition) is 2. The highest BCUT2D eigenvalue weighted by atomic mass is 16.5. The van der Waals surface area contributed by atoms with Crippen molar-refractivity contribution >= 4 is 23.5 Å². The van der Waals surface area contributed by atoms with Gasteiger partial charge in [-0.1, -0.05) is 48.5 Å². The maximum atomic E-state index is 12.9. The first kappa shape index (κ1) is 20.8. The number of benzene rings is 3. The van der Waals surface area contributed by atoms with Gasteiger partial charge >= 0.3 is 5.97 Å². The van der Waals surface area contributed by atoms with E-state index in [2.05, 4.69) is 15.4 Å². The van der Waals surface area contributed by atoms with Crippen LogP contribution in [0.4, 0.5) is 5.69 Å². The van der Waals surface area contributed by atoms with Crippen LogP contribution in [-0.4, -0.2) is 30.9 Å². The number of amides is 2. The highest BCUT2D eigenvalue weighted by Gasteiger charge is 2.22. The van der Waals surface area contributed by atoms with Crippen LogP contribution in [0.25, 0.3) is 0 Å². The van der Waals surface area contributed by atoms with Gasteiger partial charge in [-0.05, 0) is 42.0 Å². The second-order valence-corrected chi connectivity index (χ2v) is 6.64. The van der Waals surface area contributed by atoms with Crippen LogP contribution >= 0.6 is 0 Å². The number of carbonyl (C=O) groups excluding carboxylic acids is 3. The standard InChI is InChI=1S/C24H22N2O4/c1-30-24(29)19-12-14-20(15-13-19)25-23(28)21(16-17-8-4-2-5-9-17)26-22(27)18-10-6-3-7-11-18/h2-15,21H,16H2,1H3,(H,25,28)(H,26,27)/t21-/m1/s1. The topological polar surface area (TPSA) is 84.5 Å². The van der Waals surface area contributed by atoms with E-state index in [-0.39, 0.29) is 11.8 Å². The fraction of sp³-hybridized carbons (Fsp3) is 0.125. The van der Waals surface area contributed by atoms with Crippen molar-refractivity contribution in [2.75, 3.05) is 12.4 Å². The van der Waals surface area contributed by atoms with Crippen molar-refractivity contribution < 1.29 is 19.1 Å². The molecule has 0 aromatic heterocycles. The van der Waals surface area contributed by atoms with Gasteiger partial charge in [-0.25, -0.2) is 4.79 Å². The summed E-state index contributed by atoms with van der Waals surface area (Å²) in [5, 5.41) is 5.61. The van der Waals surface area contributed by atoms with Crippen molar-refractivity contribution in [1.29, 1.82) is 0 Å². The number of anilines is 1. The Morgan fingerprint density at radius 3 is 2.00 bits per heavy atom. The van der Waals surface area contributed by atoms with Gasteiger partial charge in [0.25, 0.3) is 5.91 Å². The van der Waals surface area contributed by atoms with E-state index in [0.717, 1.165) is 5.56 Å². The summed E-state index contributed by atoms with van der Waals surface area (Å²) in [4.78, 5) is 37.1. The van der Waals surface area contributed by atoms with E-state index in [4.69, 9.17) is 0 Å². The SMILES string of the molecule is COC(=O)c1ccc(NC(=O)[C@@H](Cc2ccccc2)NC(=O)c2ccccc2)cc1. The molecule has 3 aromatic rings. The van der Waals surface area contributed by atoms with Crippen LogP contribution in [0.3, 0.4) is 0 Å². The van der Waals surface area contributed by atoms with Crippen molar-refractivity contribution in [3.05, 3.63) is 102 Å². The van der Waals surface area contributed by atoms with Crippen molar-refractivity contribution in [3.8, 4) is 0 Å². The molecule has 2 amide bonds. The number of nitrogens with one attached hydrogen (secondary N) is 2. The van der Waals surface area contributed by atoms with Gasteiger partial charge in [0.05, 0.1) is 12.7 Å². The number of carbonyl (C=O) groups is 3. The normalized spacial score (nSPS) is 11.2. The van der Waals surface area contributed by atoms with Gasteiger partial charge < -0.3 is 15.4 Å². The van der Waals surface area contributed by atoms with E-state index in [9.17, 15) is 14.4 Å². The highest BCUT2D eigenvalue weighted by molar-refractivity contribution is 6.01. The molecule has 0 spiro atoms. The van der Waals surface area contributed by atoms with Crippen LogP contribution in [0.1, 0.15) is 26.3 Å². The molecule has 0 bridgehead atoms. The smallest absolute Gasteiger partial charge is 0.337 e. The van der Waals surface area contributed by atoms with Crippen LogP contribution in [-0.2, 0) is 16.0 Å². The van der Waals surface area contributed by atoms with Crippen LogP contribution in [0.15, 0.2) is 84.9 Å². The first-order chi connectivity index (χ1) is 14.6. The van der Waals surface area contributed by atoms with E-state index in [1.54, 1.807) is 48.5 Å². The number of methoxy groups -OCH3 is 1. The summed E-state index contributed by atoms with van der Waals surface area (Å²) in [6.45, 7) is 0. The van der Waals surface area contributed by atoms with Gasteiger partial charge in [0, 0.05) is 17.7 Å². The molecule has 6 nitrogen and oxygen atoms in total. The monoisotopic (exact) mass is 402 g/mol. The maximum Gasteiger partial charge on any atom is 0.337 e. The molecule has 0 heterocycles. The third kappa shape index (κ3) is 5.54. The van der Waals surface area contributed by atoms with E-state index in [0.29, 0.717) is 23.2 Å². The molecule has 0 saturated heterocycles. The minimum atomic E-state index is -0.777. The summed E-state index contributed by atoms with van der Waals surface area (Å²) >= 11 is 0. The Labute approximate surface area is 174 Å². The summed E-state index contributed by atoms with van der Waals surface area (Å²) in [6, 6.07) is 23.8. The number of ether oxygens (including phenoxy) is 1. The number of rotatable bonds is 7. The van der Waals surface area contributed by atoms with E-state index < -0.39 is 12.0 Å². The minimum Gasteiger partial charge on any atom is -0.465 e. The van der Waals surface area contributed by atoms with Gasteiger partial charge in [0.2, 0.25) is 5.91 Å². The Morgan fingerprint density at radius 2 is 1.40 bits per heavy atom. The van der Waals surface area contributed by atoms with Crippen LogP contribution in [0.5, 0.6) is 0 Å². The largest absolute Gasteiger partial charge is 0.465 e. The van der Waals surface area contributed by atoms with Crippen molar-refractivity contribution in [3.63, 3.8) is 0 Å². The van der Waals surface area contributed by atoms with Crippen LogP contribution in [0.2, 0.25) is 0 Å². The lowest BCUT2D eigenvalue weighted by Gasteiger charge is -2.19. The molecule has 0 aliphatic rings. The second kappa shape index (κ2) is 10.0. The van der Waals surface area contributed by atoms with Crippen LogP contribution in [0, 0.1) is 0 Å². The number of esters is 1. The average molecular weight is 402 g/mol. The predicted molar refractivity (Wildman–Crippen MR) is 114 cm³/mol.